The van der Waals surface area contributed by atoms with Crippen LogP contribution >= 0.6 is 0 Å². The van der Waals surface area contributed by atoms with Crippen molar-refractivity contribution in [1.29, 1.82) is 0 Å². The highest BCUT2D eigenvalue weighted by atomic mass is 16.3. The molecular weight excluding hydrogens is 174 g/mol. The number of rotatable bonds is 3. The minimum atomic E-state index is -0.392. The molecule has 14 heavy (non-hydrogen) atoms. The molecule has 0 atom stereocenters. The molecule has 0 aromatic heterocycles. The minimum absolute atomic E-state index is 0.340. The molecule has 0 heterocycles. The molecule has 2 saturated carbocycles. The van der Waals surface area contributed by atoms with Crippen LogP contribution < -0.4 is 5.32 Å². The van der Waals surface area contributed by atoms with Gasteiger partial charge in [-0.1, -0.05) is 19.3 Å². The van der Waals surface area contributed by atoms with Crippen molar-refractivity contribution in [2.24, 2.45) is 0 Å². The predicted octanol–water partition coefficient (Wildman–Crippen LogP) is 2.21. The Morgan fingerprint density at radius 3 is 2.14 bits per heavy atom. The summed E-state index contributed by atoms with van der Waals surface area (Å²) in [7, 11) is 0. The quantitative estimate of drug-likeness (QED) is 0.727. The Hall–Kier alpha value is -0.0800. The van der Waals surface area contributed by atoms with Gasteiger partial charge in [-0.15, -0.1) is 0 Å². The summed E-state index contributed by atoms with van der Waals surface area (Å²) in [5.41, 5.74) is -0.0516. The first-order valence-electron chi connectivity index (χ1n) is 6.09. The number of β-amino-alcohol motifs (C(OH)–C–C–N with tert-alkyl or cyclic N) is 1. The first kappa shape index (κ1) is 10.4. The van der Waals surface area contributed by atoms with Crippen LogP contribution in [0.3, 0.4) is 0 Å². The zero-order valence-corrected chi connectivity index (χ0v) is 9.31. The molecule has 0 spiro atoms. The van der Waals surface area contributed by atoms with E-state index >= 15 is 0 Å². The third-order valence-corrected chi connectivity index (χ3v) is 4.09. The molecule has 2 aliphatic carbocycles. The van der Waals surface area contributed by atoms with Crippen LogP contribution in [0.15, 0.2) is 0 Å². The third kappa shape index (κ3) is 2.29. The van der Waals surface area contributed by atoms with Crippen LogP contribution in [0.1, 0.15) is 58.3 Å². The summed E-state index contributed by atoms with van der Waals surface area (Å²) in [6.45, 7) is 3.09. The Labute approximate surface area is 87.1 Å². The zero-order chi connectivity index (χ0) is 10.1. The van der Waals surface area contributed by atoms with Crippen molar-refractivity contribution >= 4 is 0 Å². The lowest BCUT2D eigenvalue weighted by molar-refractivity contribution is -0.00642. The van der Waals surface area contributed by atoms with Crippen molar-refractivity contribution in [1.82, 2.24) is 5.32 Å². The molecule has 0 amide bonds. The molecule has 0 unspecified atom stereocenters. The lowest BCUT2D eigenvalue weighted by atomic mass is 9.77. The van der Waals surface area contributed by atoms with Gasteiger partial charge in [0.05, 0.1) is 5.60 Å². The Balaban J connectivity index is 1.77. The summed E-state index contributed by atoms with van der Waals surface area (Å²) in [6, 6.07) is 0. The summed E-state index contributed by atoms with van der Waals surface area (Å²) in [5.74, 6) is 0. The first-order chi connectivity index (χ1) is 6.62. The van der Waals surface area contributed by atoms with Crippen LogP contribution in [0.5, 0.6) is 0 Å². The Morgan fingerprint density at radius 1 is 1.00 bits per heavy atom. The molecule has 2 heteroatoms. The molecule has 0 bridgehead atoms. The van der Waals surface area contributed by atoms with Crippen molar-refractivity contribution in [2.45, 2.75) is 69.4 Å². The predicted molar refractivity (Wildman–Crippen MR) is 58.3 cm³/mol. The molecule has 2 aliphatic rings. The topological polar surface area (TPSA) is 32.3 Å². The second-order valence-electron chi connectivity index (χ2n) is 5.55. The van der Waals surface area contributed by atoms with E-state index in [4.69, 9.17) is 0 Å². The van der Waals surface area contributed by atoms with Gasteiger partial charge in [-0.25, -0.2) is 0 Å². The zero-order valence-electron chi connectivity index (χ0n) is 9.31. The maximum absolute atomic E-state index is 10.3. The highest BCUT2D eigenvalue weighted by Crippen LogP contribution is 2.33. The van der Waals surface area contributed by atoms with Crippen LogP contribution in [0.25, 0.3) is 0 Å². The van der Waals surface area contributed by atoms with Gasteiger partial charge in [0.1, 0.15) is 0 Å². The van der Waals surface area contributed by atoms with E-state index in [-0.39, 0.29) is 0 Å². The summed E-state index contributed by atoms with van der Waals surface area (Å²) in [5, 5.41) is 13.8. The van der Waals surface area contributed by atoms with Gasteiger partial charge in [0.15, 0.2) is 0 Å². The maximum Gasteiger partial charge on any atom is 0.0771 e. The minimum Gasteiger partial charge on any atom is -0.389 e. The van der Waals surface area contributed by atoms with Gasteiger partial charge in [-0.3, -0.25) is 0 Å². The van der Waals surface area contributed by atoms with Crippen LogP contribution in [0, 0.1) is 0 Å². The monoisotopic (exact) mass is 197 g/mol. The van der Waals surface area contributed by atoms with E-state index < -0.39 is 5.60 Å². The van der Waals surface area contributed by atoms with Crippen molar-refractivity contribution in [3.8, 4) is 0 Å². The van der Waals surface area contributed by atoms with Crippen LogP contribution in [0.4, 0.5) is 0 Å². The van der Waals surface area contributed by atoms with Crippen LogP contribution in [-0.4, -0.2) is 22.8 Å². The standard InChI is InChI=1S/C12H23NO/c1-11(6-5-7-11)13-10-12(14)8-3-2-4-9-12/h13-14H,2-10H2,1H3. The number of nitrogens with one attached hydrogen (secondary N) is 1. The van der Waals surface area contributed by atoms with E-state index in [1.165, 1.54) is 38.5 Å². The number of hydrogen-bond donors (Lipinski definition) is 2. The fourth-order valence-corrected chi connectivity index (χ4v) is 2.65. The van der Waals surface area contributed by atoms with Crippen molar-refractivity contribution in [3.05, 3.63) is 0 Å². The lowest BCUT2D eigenvalue weighted by Gasteiger charge is -2.43. The summed E-state index contributed by atoms with van der Waals surface area (Å²) in [6.07, 6.45) is 9.61. The summed E-state index contributed by atoms with van der Waals surface area (Å²) in [4.78, 5) is 0. The van der Waals surface area contributed by atoms with E-state index in [1.54, 1.807) is 0 Å². The van der Waals surface area contributed by atoms with Crippen molar-refractivity contribution in [2.75, 3.05) is 6.54 Å². The van der Waals surface area contributed by atoms with Gasteiger partial charge in [0.25, 0.3) is 0 Å². The Morgan fingerprint density at radius 2 is 1.64 bits per heavy atom. The van der Waals surface area contributed by atoms with Gasteiger partial charge in [-0.2, -0.15) is 0 Å². The molecule has 0 aromatic carbocycles. The molecule has 0 aliphatic heterocycles. The Kier molecular flexibility index (Phi) is 2.85. The normalized spacial score (nSPS) is 29.6. The van der Waals surface area contributed by atoms with E-state index in [0.29, 0.717) is 5.54 Å². The van der Waals surface area contributed by atoms with E-state index in [2.05, 4.69) is 12.2 Å². The highest BCUT2D eigenvalue weighted by Gasteiger charge is 2.35. The van der Waals surface area contributed by atoms with E-state index in [9.17, 15) is 5.11 Å². The molecule has 2 rings (SSSR count). The van der Waals surface area contributed by atoms with Crippen molar-refractivity contribution in [3.63, 3.8) is 0 Å². The first-order valence-corrected chi connectivity index (χ1v) is 6.09. The molecule has 82 valence electrons. The fraction of sp³-hybridized carbons (Fsp3) is 1.00. The average molecular weight is 197 g/mol. The molecule has 0 radical (unpaired) electrons. The largest absolute Gasteiger partial charge is 0.389 e. The van der Waals surface area contributed by atoms with Gasteiger partial charge >= 0.3 is 0 Å². The SMILES string of the molecule is CC1(NCC2(O)CCCCC2)CCC1. The van der Waals surface area contributed by atoms with Gasteiger partial charge in [-0.05, 0) is 39.0 Å². The molecule has 0 aromatic rings. The lowest BCUT2D eigenvalue weighted by Crippen LogP contribution is -2.54. The smallest absolute Gasteiger partial charge is 0.0771 e. The van der Waals surface area contributed by atoms with Crippen LogP contribution in [-0.2, 0) is 0 Å². The molecule has 2 nitrogen and oxygen atoms in total. The van der Waals surface area contributed by atoms with Gasteiger partial charge in [0, 0.05) is 12.1 Å². The highest BCUT2D eigenvalue weighted by molar-refractivity contribution is 4.95. The molecule has 0 saturated heterocycles. The molecule has 2 N–H and O–H groups in total. The molecule has 2 fully saturated rings. The maximum atomic E-state index is 10.3. The third-order valence-electron chi connectivity index (χ3n) is 4.09. The molecular formula is C12H23NO. The van der Waals surface area contributed by atoms with Crippen LogP contribution in [0.2, 0.25) is 0 Å². The summed E-state index contributed by atoms with van der Waals surface area (Å²) < 4.78 is 0. The average Bonchev–Trinajstić information content (AvgIpc) is 2.13. The number of hydrogen-bond acceptors (Lipinski definition) is 2. The fourth-order valence-electron chi connectivity index (χ4n) is 2.65. The van der Waals surface area contributed by atoms with Gasteiger partial charge < -0.3 is 10.4 Å². The Bertz CT molecular complexity index is 192. The van der Waals surface area contributed by atoms with E-state index in [1.807, 2.05) is 0 Å². The van der Waals surface area contributed by atoms with Crippen molar-refractivity contribution < 1.29 is 5.11 Å². The second kappa shape index (κ2) is 3.82. The van der Waals surface area contributed by atoms with E-state index in [0.717, 1.165) is 19.4 Å². The second-order valence-corrected chi connectivity index (χ2v) is 5.55. The summed E-state index contributed by atoms with van der Waals surface area (Å²) >= 11 is 0. The van der Waals surface area contributed by atoms with Gasteiger partial charge in [0.2, 0.25) is 0 Å². The number of aliphatic hydroxyl groups is 1.